The van der Waals surface area contributed by atoms with Gasteiger partial charge < -0.3 is 0 Å². The molecule has 3 aromatic rings. The second-order valence-electron chi connectivity index (χ2n) is 6.61. The molecule has 0 saturated heterocycles. The van der Waals surface area contributed by atoms with E-state index in [0.717, 1.165) is 0 Å². The Balaban J connectivity index is 2.33. The van der Waals surface area contributed by atoms with E-state index in [4.69, 9.17) is 8.92 Å². The third-order valence-electron chi connectivity index (χ3n) is 4.68. The summed E-state index contributed by atoms with van der Waals surface area (Å²) >= 11 is -0.106. The zero-order valence-electron chi connectivity index (χ0n) is 14.2. The van der Waals surface area contributed by atoms with Crippen molar-refractivity contribution in [3.8, 4) is 0 Å². The summed E-state index contributed by atoms with van der Waals surface area (Å²) in [5.41, 5.74) is 3.73. The van der Waals surface area contributed by atoms with Crippen molar-refractivity contribution >= 4 is 46.0 Å². The second kappa shape index (κ2) is 6.51. The van der Waals surface area contributed by atoms with Crippen LogP contribution in [0.2, 0.25) is 0 Å². The van der Waals surface area contributed by atoms with Crippen molar-refractivity contribution in [2.24, 2.45) is 0 Å². The molecule has 0 bridgehead atoms. The molecule has 0 aliphatic rings. The fourth-order valence-electron chi connectivity index (χ4n) is 3.04. The van der Waals surface area contributed by atoms with Crippen molar-refractivity contribution < 1.29 is 0 Å². The molecule has 124 valence electrons. The first-order valence-corrected chi connectivity index (χ1v) is 22.4. The van der Waals surface area contributed by atoms with Gasteiger partial charge in [0, 0.05) is 0 Å². The van der Waals surface area contributed by atoms with Gasteiger partial charge in [-0.15, -0.1) is 0 Å². The molecule has 0 atom stereocenters. The zero-order chi connectivity index (χ0) is 17.4. The topological polar surface area (TPSA) is 0 Å². The van der Waals surface area contributed by atoms with Gasteiger partial charge in [0.05, 0.1) is 0 Å². The average Bonchev–Trinajstić information content (AvgIpc) is 2.56. The van der Waals surface area contributed by atoms with Gasteiger partial charge in [-0.25, -0.2) is 0 Å². The molecule has 0 amide bonds. The standard InChI is InChI=1S/3C7H7.BrH.ClH.Sn/c3*1-7-5-3-2-4-6-7;;;/h3*3-6H,1H3;2*1H;/q;;;;;+1/p-2. The van der Waals surface area contributed by atoms with Crippen LogP contribution in [-0.4, -0.2) is 13.6 Å². The minimum absolute atomic E-state index is 1.21. The summed E-state index contributed by atoms with van der Waals surface area (Å²) < 4.78 is 3.62. The van der Waals surface area contributed by atoms with Gasteiger partial charge in [0.25, 0.3) is 0 Å². The van der Waals surface area contributed by atoms with Gasteiger partial charge in [0.1, 0.15) is 0 Å². The van der Waals surface area contributed by atoms with E-state index in [-0.39, 0.29) is 0 Å². The number of hydrogen-bond acceptors (Lipinski definition) is 0. The molecule has 0 saturated carbocycles. The van der Waals surface area contributed by atoms with Crippen LogP contribution in [0, 0.1) is 20.8 Å². The Labute approximate surface area is 155 Å². The Morgan fingerprint density at radius 2 is 0.750 bits per heavy atom. The zero-order valence-corrected chi connectivity index (χ0v) is 19.4. The molecule has 3 heteroatoms. The van der Waals surface area contributed by atoms with E-state index in [1.807, 2.05) is 0 Å². The predicted octanol–water partition coefficient (Wildman–Crippen LogP) is 4.66. The second-order valence-corrected chi connectivity index (χ2v) is 36.1. The van der Waals surface area contributed by atoms with Crippen molar-refractivity contribution in [1.29, 1.82) is 0 Å². The summed E-state index contributed by atoms with van der Waals surface area (Å²) in [6, 6.07) is 26.0. The average molecular weight is 507 g/mol. The SMILES string of the molecule is Cc1cc[c]([Sn-]([Cl])([Br])([c]2ccc(C)cc2)[c]2ccc(C)cc2)cc1. The fraction of sp³-hybridized carbons (Fsp3) is 0.143. The Hall–Kier alpha value is -0.771. The first-order chi connectivity index (χ1) is 11.3. The van der Waals surface area contributed by atoms with Gasteiger partial charge in [-0.3, -0.25) is 0 Å². The van der Waals surface area contributed by atoms with Gasteiger partial charge in [-0.2, -0.15) is 0 Å². The summed E-state index contributed by atoms with van der Waals surface area (Å²) in [7, 11) is 7.65. The molecule has 0 unspecified atom stereocenters. The summed E-state index contributed by atoms with van der Waals surface area (Å²) in [5.74, 6) is 0. The van der Waals surface area contributed by atoms with Crippen molar-refractivity contribution in [2.75, 3.05) is 0 Å². The van der Waals surface area contributed by atoms with Crippen LogP contribution in [0.5, 0.6) is 0 Å². The van der Waals surface area contributed by atoms with E-state index in [0.29, 0.717) is 0 Å². The predicted molar refractivity (Wildman–Crippen MR) is 113 cm³/mol. The summed E-state index contributed by atoms with van der Waals surface area (Å²) in [4.78, 5) is 0. The van der Waals surface area contributed by atoms with Crippen LogP contribution in [0.3, 0.4) is 0 Å². The van der Waals surface area contributed by atoms with Crippen LogP contribution in [0.4, 0.5) is 0 Å². The van der Waals surface area contributed by atoms with E-state index in [9.17, 15) is 0 Å². The van der Waals surface area contributed by atoms with E-state index in [1.54, 1.807) is 0 Å². The van der Waals surface area contributed by atoms with Crippen LogP contribution >= 0.6 is 21.6 Å². The fourth-order valence-corrected chi connectivity index (χ4v) is 20.2. The third kappa shape index (κ3) is 3.07. The molecule has 24 heavy (non-hydrogen) atoms. The molecule has 0 spiro atoms. The van der Waals surface area contributed by atoms with Crippen LogP contribution < -0.4 is 10.7 Å². The van der Waals surface area contributed by atoms with Crippen molar-refractivity contribution in [3.63, 3.8) is 0 Å². The molecule has 0 heterocycles. The minimum atomic E-state index is -4.27. The number of rotatable bonds is 3. The summed E-state index contributed by atoms with van der Waals surface area (Å²) in [5, 5.41) is 0. The molecule has 0 nitrogen and oxygen atoms in total. The molecule has 0 fully saturated rings. The first kappa shape index (κ1) is 18.0. The van der Waals surface area contributed by atoms with Crippen LogP contribution in [-0.2, 0) is 0 Å². The monoisotopic (exact) mass is 507 g/mol. The van der Waals surface area contributed by atoms with E-state index >= 15 is 0 Å². The normalized spacial score (nSPS) is 13.3. The van der Waals surface area contributed by atoms with Crippen molar-refractivity contribution in [2.45, 2.75) is 20.8 Å². The maximum absolute atomic E-state index is 7.65. The van der Waals surface area contributed by atoms with Gasteiger partial charge in [0.2, 0.25) is 0 Å². The van der Waals surface area contributed by atoms with Crippen LogP contribution in [0.25, 0.3) is 0 Å². The molecule has 0 N–H and O–H groups in total. The van der Waals surface area contributed by atoms with Gasteiger partial charge in [-0.1, -0.05) is 0 Å². The van der Waals surface area contributed by atoms with Crippen LogP contribution in [0.15, 0.2) is 72.8 Å². The Kier molecular flexibility index (Phi) is 4.89. The molecular weight excluding hydrogens is 486 g/mol. The number of benzene rings is 3. The Bertz CT molecular complexity index is 732. The van der Waals surface area contributed by atoms with E-state index < -0.39 is 13.6 Å². The van der Waals surface area contributed by atoms with Crippen molar-refractivity contribution in [3.05, 3.63) is 89.5 Å². The molecule has 3 aromatic carbocycles. The van der Waals surface area contributed by atoms with Crippen LogP contribution in [0.1, 0.15) is 16.7 Å². The number of hydrogen-bond donors (Lipinski definition) is 0. The number of aryl methyl sites for hydroxylation is 3. The summed E-state index contributed by atoms with van der Waals surface area (Å²) in [6.45, 7) is 6.31. The Morgan fingerprint density at radius 3 is 0.958 bits per heavy atom. The molecule has 0 aromatic heterocycles. The molecule has 0 aliphatic carbocycles. The first-order valence-electron chi connectivity index (χ1n) is 8.09. The van der Waals surface area contributed by atoms with Crippen molar-refractivity contribution in [1.82, 2.24) is 0 Å². The molecule has 0 aliphatic heterocycles. The van der Waals surface area contributed by atoms with Gasteiger partial charge >= 0.3 is 156 Å². The third-order valence-corrected chi connectivity index (χ3v) is 29.8. The Morgan fingerprint density at radius 1 is 0.542 bits per heavy atom. The molecular formula is C21H21BrClSn-. The molecule has 3 rings (SSSR count). The maximum atomic E-state index is 7.65. The number of halogens is 2. The van der Waals surface area contributed by atoms with E-state index in [1.165, 1.54) is 27.4 Å². The summed E-state index contributed by atoms with van der Waals surface area (Å²) in [6.07, 6.45) is 0. The van der Waals surface area contributed by atoms with E-state index in [2.05, 4.69) is 106 Å². The van der Waals surface area contributed by atoms with Gasteiger partial charge in [0.15, 0.2) is 0 Å². The van der Waals surface area contributed by atoms with Gasteiger partial charge in [-0.05, 0) is 0 Å². The molecule has 0 radical (unpaired) electrons. The quantitative estimate of drug-likeness (QED) is 0.453.